The fraction of sp³-hybridized carbons (Fsp3) is 0.143. The molecular weight excluding hydrogens is 283 g/mol. The molecular formula is C14H12ClFN2O2. The maximum Gasteiger partial charge on any atom is 0.272 e. The summed E-state index contributed by atoms with van der Waals surface area (Å²) < 4.78 is 13.6. The van der Waals surface area contributed by atoms with Crippen LogP contribution in [0, 0.1) is 15.9 Å². The first-order chi connectivity index (χ1) is 9.59. The highest BCUT2D eigenvalue weighted by Gasteiger charge is 2.12. The molecule has 0 saturated heterocycles. The van der Waals surface area contributed by atoms with Crippen LogP contribution in [-0.4, -0.2) is 11.5 Å². The lowest BCUT2D eigenvalue weighted by Gasteiger charge is -2.08. The molecule has 104 valence electrons. The van der Waals surface area contributed by atoms with E-state index in [1.54, 1.807) is 30.3 Å². The highest BCUT2D eigenvalue weighted by atomic mass is 35.5. The van der Waals surface area contributed by atoms with Crippen LogP contribution in [0.4, 0.5) is 15.8 Å². The first kappa shape index (κ1) is 14.3. The second-order valence-electron chi connectivity index (χ2n) is 4.16. The number of hydrogen-bond donors (Lipinski definition) is 1. The maximum absolute atomic E-state index is 13.6. The number of hydrogen-bond acceptors (Lipinski definition) is 3. The second kappa shape index (κ2) is 6.34. The molecule has 0 spiro atoms. The molecule has 1 N–H and O–H groups in total. The smallest absolute Gasteiger partial charge is 0.272 e. The van der Waals surface area contributed by atoms with E-state index in [1.165, 1.54) is 12.1 Å². The first-order valence-electron chi connectivity index (χ1n) is 6.00. The normalized spacial score (nSPS) is 10.3. The van der Waals surface area contributed by atoms with E-state index < -0.39 is 10.7 Å². The van der Waals surface area contributed by atoms with Gasteiger partial charge in [0.15, 0.2) is 5.82 Å². The quantitative estimate of drug-likeness (QED) is 0.669. The number of rotatable bonds is 5. The third-order valence-corrected chi connectivity index (χ3v) is 3.14. The van der Waals surface area contributed by atoms with Gasteiger partial charge in [-0.15, -0.1) is 0 Å². The van der Waals surface area contributed by atoms with E-state index in [1.807, 2.05) is 0 Å². The lowest BCUT2D eigenvalue weighted by Crippen LogP contribution is -2.07. The predicted molar refractivity (Wildman–Crippen MR) is 76.7 cm³/mol. The Morgan fingerprint density at radius 1 is 1.20 bits per heavy atom. The number of anilines is 1. The zero-order valence-corrected chi connectivity index (χ0v) is 11.2. The van der Waals surface area contributed by atoms with Crippen molar-refractivity contribution < 1.29 is 9.31 Å². The third-order valence-electron chi connectivity index (χ3n) is 2.85. The van der Waals surface area contributed by atoms with Gasteiger partial charge in [-0.2, -0.15) is 0 Å². The maximum atomic E-state index is 13.6. The number of halogens is 2. The largest absolute Gasteiger partial charge is 0.382 e. The van der Waals surface area contributed by atoms with Crippen LogP contribution in [0.3, 0.4) is 0 Å². The van der Waals surface area contributed by atoms with Gasteiger partial charge >= 0.3 is 0 Å². The predicted octanol–water partition coefficient (Wildman–Crippen LogP) is 4.04. The number of nitrogens with one attached hydrogen (secondary N) is 1. The Labute approximate surface area is 120 Å². The topological polar surface area (TPSA) is 55.2 Å². The Hall–Kier alpha value is -2.14. The van der Waals surface area contributed by atoms with E-state index in [2.05, 4.69) is 5.32 Å². The summed E-state index contributed by atoms with van der Waals surface area (Å²) in [5, 5.41) is 13.8. The van der Waals surface area contributed by atoms with Crippen LogP contribution in [-0.2, 0) is 6.42 Å². The lowest BCUT2D eigenvalue weighted by atomic mass is 10.1. The van der Waals surface area contributed by atoms with Crippen LogP contribution >= 0.6 is 11.6 Å². The molecule has 6 heteroatoms. The highest BCUT2D eigenvalue weighted by Crippen LogP contribution is 2.22. The summed E-state index contributed by atoms with van der Waals surface area (Å²) in [5.41, 5.74) is 0.962. The molecule has 0 aromatic heterocycles. The molecule has 2 aromatic rings. The van der Waals surface area contributed by atoms with E-state index >= 15 is 0 Å². The van der Waals surface area contributed by atoms with Gasteiger partial charge in [-0.1, -0.05) is 35.9 Å². The van der Waals surface area contributed by atoms with Crippen LogP contribution in [0.15, 0.2) is 42.5 Å². The first-order valence-corrected chi connectivity index (χ1v) is 6.37. The van der Waals surface area contributed by atoms with Gasteiger partial charge in [0.2, 0.25) is 0 Å². The summed E-state index contributed by atoms with van der Waals surface area (Å²) in [4.78, 5) is 10.4. The van der Waals surface area contributed by atoms with Crippen molar-refractivity contribution in [1.29, 1.82) is 0 Å². The SMILES string of the molecule is O=[N+]([O-])c1ccccc1CCNc1cccc(Cl)c1F. The molecule has 0 radical (unpaired) electrons. The molecule has 0 fully saturated rings. The molecule has 2 rings (SSSR count). The van der Waals surface area contributed by atoms with Gasteiger partial charge in [0.1, 0.15) is 0 Å². The van der Waals surface area contributed by atoms with E-state index in [-0.39, 0.29) is 16.4 Å². The van der Waals surface area contributed by atoms with Gasteiger partial charge in [0.05, 0.1) is 15.6 Å². The van der Waals surface area contributed by atoms with E-state index in [0.29, 0.717) is 18.5 Å². The Morgan fingerprint density at radius 3 is 2.70 bits per heavy atom. The van der Waals surface area contributed by atoms with E-state index in [4.69, 9.17) is 11.6 Å². The van der Waals surface area contributed by atoms with Crippen LogP contribution in [0.25, 0.3) is 0 Å². The van der Waals surface area contributed by atoms with E-state index in [9.17, 15) is 14.5 Å². The minimum Gasteiger partial charge on any atom is -0.382 e. The zero-order valence-electron chi connectivity index (χ0n) is 10.5. The molecule has 0 unspecified atom stereocenters. The van der Waals surface area contributed by atoms with Crippen molar-refractivity contribution in [2.24, 2.45) is 0 Å². The zero-order chi connectivity index (χ0) is 14.5. The Kier molecular flexibility index (Phi) is 4.53. The summed E-state index contributed by atoms with van der Waals surface area (Å²) in [6.45, 7) is 0.377. The monoisotopic (exact) mass is 294 g/mol. The van der Waals surface area contributed by atoms with Gasteiger partial charge in [-0.05, 0) is 18.6 Å². The van der Waals surface area contributed by atoms with Crippen LogP contribution in [0.5, 0.6) is 0 Å². The molecule has 0 atom stereocenters. The minimum absolute atomic E-state index is 0.0423. The number of benzene rings is 2. The standard InChI is InChI=1S/C14H12ClFN2O2/c15-11-5-3-6-12(14(11)16)17-9-8-10-4-1-2-7-13(10)18(19)20/h1-7,17H,8-9H2. The molecule has 0 aliphatic heterocycles. The average molecular weight is 295 g/mol. The van der Waals surface area contributed by atoms with Crippen molar-refractivity contribution in [3.05, 3.63) is 69.0 Å². The fourth-order valence-corrected chi connectivity index (χ4v) is 2.05. The van der Waals surface area contributed by atoms with Crippen LogP contribution in [0.2, 0.25) is 5.02 Å². The van der Waals surface area contributed by atoms with Crippen molar-refractivity contribution in [3.8, 4) is 0 Å². The van der Waals surface area contributed by atoms with Crippen LogP contribution < -0.4 is 5.32 Å². The molecule has 0 aliphatic rings. The van der Waals surface area contributed by atoms with Crippen molar-refractivity contribution in [2.75, 3.05) is 11.9 Å². The number of nitrogens with zero attached hydrogens (tertiary/aromatic N) is 1. The summed E-state index contributed by atoms with van der Waals surface area (Å²) in [5.74, 6) is -0.517. The molecule has 0 heterocycles. The molecule has 4 nitrogen and oxygen atoms in total. The summed E-state index contributed by atoms with van der Waals surface area (Å²) in [6.07, 6.45) is 0.420. The average Bonchev–Trinajstić information content (AvgIpc) is 2.44. The van der Waals surface area contributed by atoms with Crippen molar-refractivity contribution in [2.45, 2.75) is 6.42 Å². The summed E-state index contributed by atoms with van der Waals surface area (Å²) >= 11 is 5.67. The third kappa shape index (κ3) is 3.24. The molecule has 0 amide bonds. The molecule has 0 bridgehead atoms. The van der Waals surface area contributed by atoms with Gasteiger partial charge in [-0.3, -0.25) is 10.1 Å². The van der Waals surface area contributed by atoms with E-state index in [0.717, 1.165) is 0 Å². The Balaban J connectivity index is 2.03. The Morgan fingerprint density at radius 2 is 1.95 bits per heavy atom. The minimum atomic E-state index is -0.517. The van der Waals surface area contributed by atoms with Crippen molar-refractivity contribution >= 4 is 23.0 Å². The van der Waals surface area contributed by atoms with Crippen molar-refractivity contribution in [3.63, 3.8) is 0 Å². The van der Waals surface area contributed by atoms with Gasteiger partial charge in [0, 0.05) is 18.2 Å². The number of nitro groups is 1. The lowest BCUT2D eigenvalue weighted by molar-refractivity contribution is -0.385. The molecule has 20 heavy (non-hydrogen) atoms. The molecule has 0 aliphatic carbocycles. The second-order valence-corrected chi connectivity index (χ2v) is 4.57. The van der Waals surface area contributed by atoms with Crippen molar-refractivity contribution in [1.82, 2.24) is 0 Å². The van der Waals surface area contributed by atoms with Gasteiger partial charge < -0.3 is 5.32 Å². The number of para-hydroxylation sites is 1. The highest BCUT2D eigenvalue weighted by molar-refractivity contribution is 6.31. The van der Waals surface area contributed by atoms with Gasteiger partial charge in [0.25, 0.3) is 5.69 Å². The Bertz CT molecular complexity index is 634. The molecule has 2 aromatic carbocycles. The van der Waals surface area contributed by atoms with Crippen LogP contribution in [0.1, 0.15) is 5.56 Å². The summed E-state index contributed by atoms with van der Waals surface area (Å²) in [6, 6.07) is 11.2. The number of nitro benzene ring substituents is 1. The summed E-state index contributed by atoms with van der Waals surface area (Å²) in [7, 11) is 0. The molecule has 0 saturated carbocycles. The fourth-order valence-electron chi connectivity index (χ4n) is 1.87. The van der Waals surface area contributed by atoms with Gasteiger partial charge in [-0.25, -0.2) is 4.39 Å².